The van der Waals surface area contributed by atoms with Gasteiger partial charge in [0.05, 0.1) is 25.2 Å². The summed E-state index contributed by atoms with van der Waals surface area (Å²) < 4.78 is 5.78. The first-order valence-corrected chi connectivity index (χ1v) is 7.83. The van der Waals surface area contributed by atoms with Crippen LogP contribution in [0.3, 0.4) is 0 Å². The lowest BCUT2D eigenvalue weighted by atomic mass is 9.97. The van der Waals surface area contributed by atoms with E-state index in [1.54, 1.807) is 0 Å². The van der Waals surface area contributed by atoms with Crippen LogP contribution < -0.4 is 0 Å². The molecule has 0 radical (unpaired) electrons. The van der Waals surface area contributed by atoms with Crippen molar-refractivity contribution in [2.24, 2.45) is 0 Å². The van der Waals surface area contributed by atoms with Crippen molar-refractivity contribution >= 4 is 5.91 Å². The second-order valence-corrected chi connectivity index (χ2v) is 6.22. The molecule has 1 saturated carbocycles. The fourth-order valence-corrected chi connectivity index (χ4v) is 3.35. The molecule has 4 nitrogen and oxygen atoms in total. The van der Waals surface area contributed by atoms with Crippen molar-refractivity contribution in [3.63, 3.8) is 0 Å². The second kappa shape index (κ2) is 6.16. The Morgan fingerprint density at radius 3 is 2.71 bits per heavy atom. The first-order chi connectivity index (χ1) is 10.2. The molecule has 1 unspecified atom stereocenters. The zero-order valence-electron chi connectivity index (χ0n) is 12.3. The van der Waals surface area contributed by atoms with Crippen LogP contribution in [0.5, 0.6) is 0 Å². The van der Waals surface area contributed by atoms with Crippen molar-refractivity contribution in [3.8, 4) is 0 Å². The number of morpholine rings is 1. The minimum absolute atomic E-state index is 0.0536. The van der Waals surface area contributed by atoms with Gasteiger partial charge < -0.3 is 14.7 Å². The van der Waals surface area contributed by atoms with Crippen LogP contribution >= 0.6 is 0 Å². The molecule has 1 N–H and O–H groups in total. The van der Waals surface area contributed by atoms with Crippen LogP contribution in [0.15, 0.2) is 30.3 Å². The van der Waals surface area contributed by atoms with E-state index in [0.717, 1.165) is 31.2 Å². The maximum Gasteiger partial charge on any atom is 0.225 e. The summed E-state index contributed by atoms with van der Waals surface area (Å²) in [5.74, 6) is 0.0589. The highest BCUT2D eigenvalue weighted by atomic mass is 16.5. The van der Waals surface area contributed by atoms with E-state index >= 15 is 0 Å². The summed E-state index contributed by atoms with van der Waals surface area (Å²) in [4.78, 5) is 14.3. The van der Waals surface area contributed by atoms with E-state index in [0.29, 0.717) is 19.7 Å². The molecule has 1 aromatic rings. The van der Waals surface area contributed by atoms with Crippen molar-refractivity contribution in [1.29, 1.82) is 0 Å². The molecule has 1 amide bonds. The van der Waals surface area contributed by atoms with Gasteiger partial charge in [0.1, 0.15) is 6.10 Å². The summed E-state index contributed by atoms with van der Waals surface area (Å²) in [5.41, 5.74) is 0.340. The number of benzene rings is 1. The third kappa shape index (κ3) is 3.44. The number of carbonyl (C=O) groups is 1. The summed E-state index contributed by atoms with van der Waals surface area (Å²) in [7, 11) is 0. The minimum atomic E-state index is -0.766. The van der Waals surface area contributed by atoms with E-state index in [4.69, 9.17) is 4.74 Å². The molecule has 1 aliphatic heterocycles. The van der Waals surface area contributed by atoms with Crippen LogP contribution in [0.2, 0.25) is 0 Å². The van der Waals surface area contributed by atoms with E-state index in [1.165, 1.54) is 0 Å². The Balaban J connectivity index is 1.62. The van der Waals surface area contributed by atoms with Gasteiger partial charge in [-0.05, 0) is 18.4 Å². The predicted molar refractivity (Wildman–Crippen MR) is 79.7 cm³/mol. The van der Waals surface area contributed by atoms with E-state index in [-0.39, 0.29) is 18.4 Å². The molecule has 2 fully saturated rings. The van der Waals surface area contributed by atoms with Gasteiger partial charge in [-0.2, -0.15) is 0 Å². The van der Waals surface area contributed by atoms with Gasteiger partial charge in [-0.25, -0.2) is 0 Å². The van der Waals surface area contributed by atoms with Crippen LogP contribution in [0.4, 0.5) is 0 Å². The molecular formula is C17H23NO3. The lowest BCUT2D eigenvalue weighted by Crippen LogP contribution is -2.45. The van der Waals surface area contributed by atoms with Crippen LogP contribution in [0.1, 0.15) is 43.8 Å². The van der Waals surface area contributed by atoms with Gasteiger partial charge in [-0.15, -0.1) is 0 Å². The molecule has 1 aliphatic carbocycles. The SMILES string of the molecule is O=C(CC1(O)CCCC1)N1CCOC(c2ccccc2)C1. The van der Waals surface area contributed by atoms with Crippen molar-refractivity contribution < 1.29 is 14.6 Å². The number of hydrogen-bond acceptors (Lipinski definition) is 3. The summed E-state index contributed by atoms with van der Waals surface area (Å²) in [6.45, 7) is 1.76. The fourth-order valence-electron chi connectivity index (χ4n) is 3.35. The molecule has 3 rings (SSSR count). The number of carbonyl (C=O) groups excluding carboxylic acids is 1. The third-order valence-corrected chi connectivity index (χ3v) is 4.61. The first kappa shape index (κ1) is 14.5. The molecule has 1 heterocycles. The van der Waals surface area contributed by atoms with E-state index in [2.05, 4.69) is 0 Å². The van der Waals surface area contributed by atoms with Gasteiger partial charge in [0.25, 0.3) is 0 Å². The molecule has 21 heavy (non-hydrogen) atoms. The van der Waals surface area contributed by atoms with Crippen molar-refractivity contribution in [2.75, 3.05) is 19.7 Å². The van der Waals surface area contributed by atoms with E-state index < -0.39 is 5.60 Å². The third-order valence-electron chi connectivity index (χ3n) is 4.61. The molecule has 0 bridgehead atoms. The normalized spacial score (nSPS) is 25.0. The highest BCUT2D eigenvalue weighted by molar-refractivity contribution is 5.77. The fraction of sp³-hybridized carbons (Fsp3) is 0.588. The van der Waals surface area contributed by atoms with Gasteiger partial charge >= 0.3 is 0 Å². The van der Waals surface area contributed by atoms with Crippen molar-refractivity contribution in [1.82, 2.24) is 4.90 Å². The zero-order valence-corrected chi connectivity index (χ0v) is 12.3. The summed E-state index contributed by atoms with van der Waals surface area (Å²) in [6, 6.07) is 10.0. The van der Waals surface area contributed by atoms with Crippen molar-refractivity contribution in [2.45, 2.75) is 43.8 Å². The lowest BCUT2D eigenvalue weighted by molar-refractivity contribution is -0.144. The Morgan fingerprint density at radius 2 is 2.00 bits per heavy atom. The number of amides is 1. The molecule has 0 aromatic heterocycles. The van der Waals surface area contributed by atoms with Gasteiger partial charge in [0, 0.05) is 6.54 Å². The van der Waals surface area contributed by atoms with Crippen LogP contribution in [-0.2, 0) is 9.53 Å². The van der Waals surface area contributed by atoms with Crippen LogP contribution in [0.25, 0.3) is 0 Å². The van der Waals surface area contributed by atoms with Gasteiger partial charge in [-0.3, -0.25) is 4.79 Å². The van der Waals surface area contributed by atoms with Crippen molar-refractivity contribution in [3.05, 3.63) is 35.9 Å². The zero-order chi connectivity index (χ0) is 14.7. The molecule has 1 atom stereocenters. The molecule has 1 saturated heterocycles. The average Bonchev–Trinajstić information content (AvgIpc) is 2.94. The quantitative estimate of drug-likeness (QED) is 0.928. The number of hydrogen-bond donors (Lipinski definition) is 1. The van der Waals surface area contributed by atoms with Gasteiger partial charge in [-0.1, -0.05) is 43.2 Å². The first-order valence-electron chi connectivity index (χ1n) is 7.83. The Kier molecular flexibility index (Phi) is 4.27. The number of nitrogens with zero attached hydrogens (tertiary/aromatic N) is 1. The maximum atomic E-state index is 12.4. The Morgan fingerprint density at radius 1 is 1.29 bits per heavy atom. The highest BCUT2D eigenvalue weighted by Gasteiger charge is 2.36. The number of ether oxygens (including phenoxy) is 1. The average molecular weight is 289 g/mol. The topological polar surface area (TPSA) is 49.8 Å². The molecule has 0 spiro atoms. The smallest absolute Gasteiger partial charge is 0.225 e. The molecule has 1 aromatic carbocycles. The van der Waals surface area contributed by atoms with E-state index in [9.17, 15) is 9.90 Å². The maximum absolute atomic E-state index is 12.4. The molecule has 114 valence electrons. The standard InChI is InChI=1S/C17H23NO3/c19-16(12-17(20)8-4-5-9-17)18-10-11-21-15(13-18)14-6-2-1-3-7-14/h1-3,6-7,15,20H,4-5,8-13H2. The Bertz CT molecular complexity index is 482. The van der Waals surface area contributed by atoms with Gasteiger partial charge in [0.15, 0.2) is 0 Å². The van der Waals surface area contributed by atoms with E-state index in [1.807, 2.05) is 35.2 Å². The predicted octanol–water partition coefficient (Wildman–Crippen LogP) is 2.28. The monoisotopic (exact) mass is 289 g/mol. The molecule has 2 aliphatic rings. The Labute approximate surface area is 125 Å². The summed E-state index contributed by atoms with van der Waals surface area (Å²) >= 11 is 0. The van der Waals surface area contributed by atoms with Gasteiger partial charge in [0.2, 0.25) is 5.91 Å². The Hall–Kier alpha value is -1.39. The number of rotatable bonds is 3. The lowest BCUT2D eigenvalue weighted by Gasteiger charge is -2.35. The highest BCUT2D eigenvalue weighted by Crippen LogP contribution is 2.33. The van der Waals surface area contributed by atoms with Crippen LogP contribution in [0, 0.1) is 0 Å². The number of aliphatic hydroxyl groups is 1. The largest absolute Gasteiger partial charge is 0.389 e. The minimum Gasteiger partial charge on any atom is -0.389 e. The van der Waals surface area contributed by atoms with Crippen LogP contribution in [-0.4, -0.2) is 41.2 Å². The molecular weight excluding hydrogens is 266 g/mol. The summed E-state index contributed by atoms with van der Waals surface area (Å²) in [5, 5.41) is 10.4. The second-order valence-electron chi connectivity index (χ2n) is 6.22. The summed E-state index contributed by atoms with van der Waals surface area (Å²) in [6.07, 6.45) is 3.77. The molecule has 4 heteroatoms.